The van der Waals surface area contributed by atoms with E-state index in [4.69, 9.17) is 8.92 Å². The van der Waals surface area contributed by atoms with E-state index in [0.717, 1.165) is 17.8 Å². The molecule has 1 fully saturated rings. The second kappa shape index (κ2) is 5.23. The van der Waals surface area contributed by atoms with Crippen molar-refractivity contribution in [2.45, 2.75) is 19.6 Å². The summed E-state index contributed by atoms with van der Waals surface area (Å²) < 4.78 is 11.8. The van der Waals surface area contributed by atoms with Gasteiger partial charge in [-0.3, -0.25) is 4.18 Å². The van der Waals surface area contributed by atoms with Crippen molar-refractivity contribution in [3.63, 3.8) is 0 Å². The van der Waals surface area contributed by atoms with Crippen LogP contribution in [0.4, 0.5) is 4.79 Å². The van der Waals surface area contributed by atoms with Crippen LogP contribution in [-0.2, 0) is 15.5 Å². The van der Waals surface area contributed by atoms with Crippen molar-refractivity contribution in [1.29, 1.82) is 0 Å². The number of benzene rings is 1. The Hall–Kier alpha value is -1.20. The van der Waals surface area contributed by atoms with Crippen LogP contribution in [0.5, 0.6) is 0 Å². The molecule has 0 aromatic heterocycles. The van der Waals surface area contributed by atoms with Gasteiger partial charge in [0.15, 0.2) is 0 Å². The molecule has 16 heavy (non-hydrogen) atoms. The molecule has 0 bridgehead atoms. The van der Waals surface area contributed by atoms with Crippen molar-refractivity contribution < 1.29 is 13.7 Å². The molecule has 1 heterocycles. The second-order valence-corrected chi connectivity index (χ2v) is 4.35. The van der Waals surface area contributed by atoms with Crippen LogP contribution in [0, 0.1) is 0 Å². The Morgan fingerprint density at radius 1 is 1.56 bits per heavy atom. The molecule has 2 rings (SSSR count). The Balaban J connectivity index is 1.84. The molecular formula is C11H13NO3S. The van der Waals surface area contributed by atoms with Crippen molar-refractivity contribution in [2.75, 3.05) is 6.61 Å². The van der Waals surface area contributed by atoms with Crippen LogP contribution in [0.15, 0.2) is 30.3 Å². The molecule has 0 unspecified atom stereocenters. The van der Waals surface area contributed by atoms with E-state index in [1.807, 2.05) is 37.3 Å². The first-order valence-corrected chi connectivity index (χ1v) is 5.76. The Morgan fingerprint density at radius 2 is 2.31 bits per heavy atom. The van der Waals surface area contributed by atoms with Crippen molar-refractivity contribution in [3.05, 3.63) is 35.9 Å². The number of ether oxygens (including phenoxy) is 1. The van der Waals surface area contributed by atoms with Crippen LogP contribution >= 0.6 is 12.2 Å². The van der Waals surface area contributed by atoms with Crippen molar-refractivity contribution in [3.8, 4) is 0 Å². The highest BCUT2D eigenvalue weighted by atomic mass is 32.2. The third kappa shape index (κ3) is 2.68. The summed E-state index contributed by atoms with van der Waals surface area (Å²) >= 11 is 1.05. The lowest BCUT2D eigenvalue weighted by atomic mass is 10.2. The summed E-state index contributed by atoms with van der Waals surface area (Å²) in [6.07, 6.45) is -0.348. The fraction of sp³-hybridized carbons (Fsp3) is 0.364. The zero-order chi connectivity index (χ0) is 11.4. The Kier molecular flexibility index (Phi) is 3.69. The van der Waals surface area contributed by atoms with Gasteiger partial charge in [-0.1, -0.05) is 30.3 Å². The Bertz CT molecular complexity index is 358. The molecule has 1 aromatic rings. The summed E-state index contributed by atoms with van der Waals surface area (Å²) in [5.74, 6) is 0. The molecular weight excluding hydrogens is 226 g/mol. The topological polar surface area (TPSA) is 38.8 Å². The maximum absolute atomic E-state index is 11.6. The number of rotatable bonds is 2. The summed E-state index contributed by atoms with van der Waals surface area (Å²) in [4.78, 5) is 11.6. The molecule has 1 atom stereocenters. The maximum atomic E-state index is 11.6. The van der Waals surface area contributed by atoms with E-state index in [1.54, 1.807) is 0 Å². The van der Waals surface area contributed by atoms with Crippen molar-refractivity contribution >= 4 is 18.3 Å². The first kappa shape index (κ1) is 11.3. The number of hydrogen-bond acceptors (Lipinski definition) is 4. The monoisotopic (exact) mass is 239 g/mol. The molecule has 0 aliphatic carbocycles. The van der Waals surface area contributed by atoms with E-state index in [0.29, 0.717) is 13.2 Å². The summed E-state index contributed by atoms with van der Waals surface area (Å²) in [6, 6.07) is 9.67. The van der Waals surface area contributed by atoms with Gasteiger partial charge in [-0.25, -0.2) is 9.10 Å². The molecule has 1 saturated heterocycles. The highest BCUT2D eigenvalue weighted by molar-refractivity contribution is 7.93. The molecule has 0 N–H and O–H groups in total. The van der Waals surface area contributed by atoms with E-state index in [1.165, 1.54) is 4.31 Å². The minimum atomic E-state index is -0.348. The zero-order valence-corrected chi connectivity index (χ0v) is 9.78. The van der Waals surface area contributed by atoms with Gasteiger partial charge >= 0.3 is 6.09 Å². The predicted molar refractivity (Wildman–Crippen MR) is 61.5 cm³/mol. The number of carbonyl (C=O) groups is 1. The van der Waals surface area contributed by atoms with E-state index in [2.05, 4.69) is 0 Å². The third-order valence-electron chi connectivity index (χ3n) is 2.23. The summed E-state index contributed by atoms with van der Waals surface area (Å²) in [5, 5.41) is 0. The number of hydrogen-bond donors (Lipinski definition) is 0. The summed E-state index contributed by atoms with van der Waals surface area (Å²) in [6.45, 7) is 2.76. The lowest BCUT2D eigenvalue weighted by Gasteiger charge is -2.16. The Morgan fingerprint density at radius 3 is 2.94 bits per heavy atom. The van der Waals surface area contributed by atoms with Gasteiger partial charge in [-0.2, -0.15) is 0 Å². The van der Waals surface area contributed by atoms with Gasteiger partial charge in [0, 0.05) is 0 Å². The largest absolute Gasteiger partial charge is 0.444 e. The quantitative estimate of drug-likeness (QED) is 0.587. The second-order valence-electron chi connectivity index (χ2n) is 3.57. The first-order chi connectivity index (χ1) is 7.77. The maximum Gasteiger partial charge on any atom is 0.422 e. The first-order valence-electron chi connectivity index (χ1n) is 5.07. The fourth-order valence-corrected chi connectivity index (χ4v) is 2.01. The summed E-state index contributed by atoms with van der Waals surface area (Å²) in [7, 11) is 0. The lowest BCUT2D eigenvalue weighted by Crippen LogP contribution is -2.30. The highest BCUT2D eigenvalue weighted by Gasteiger charge is 2.29. The standard InChI is InChI=1S/C11H13NO3S/c1-9-7-15-16-12(9)11(13)14-8-10-5-3-2-4-6-10/h2-6,9H,7-8H2,1H3/t9-/m0/s1. The SMILES string of the molecule is C[C@H]1COSN1C(=O)OCc1ccccc1. The van der Waals surface area contributed by atoms with Crippen molar-refractivity contribution in [2.24, 2.45) is 0 Å². The van der Waals surface area contributed by atoms with Gasteiger partial charge in [0.2, 0.25) is 0 Å². The molecule has 1 aliphatic heterocycles. The molecule has 1 aromatic carbocycles. The molecule has 0 spiro atoms. The van der Waals surface area contributed by atoms with Crippen LogP contribution in [0.1, 0.15) is 12.5 Å². The van der Waals surface area contributed by atoms with Crippen LogP contribution in [0.25, 0.3) is 0 Å². The zero-order valence-electron chi connectivity index (χ0n) is 8.96. The minimum Gasteiger partial charge on any atom is -0.444 e. The molecule has 1 aliphatic rings. The van der Waals surface area contributed by atoms with Crippen LogP contribution in [0.2, 0.25) is 0 Å². The number of nitrogens with zero attached hydrogens (tertiary/aromatic N) is 1. The third-order valence-corrected chi connectivity index (χ3v) is 3.14. The minimum absolute atomic E-state index is 0.0632. The van der Waals surface area contributed by atoms with Crippen LogP contribution in [-0.4, -0.2) is 23.0 Å². The molecule has 86 valence electrons. The summed E-state index contributed by atoms with van der Waals surface area (Å²) in [5.41, 5.74) is 0.980. The van der Waals surface area contributed by atoms with E-state index >= 15 is 0 Å². The number of amides is 1. The highest BCUT2D eigenvalue weighted by Crippen LogP contribution is 2.25. The number of carbonyl (C=O) groups excluding carboxylic acids is 1. The van der Waals surface area contributed by atoms with Gasteiger partial charge in [0.1, 0.15) is 18.8 Å². The lowest BCUT2D eigenvalue weighted by molar-refractivity contribution is 0.116. The predicted octanol–water partition coefficient (Wildman–Crippen LogP) is 2.61. The van der Waals surface area contributed by atoms with Gasteiger partial charge < -0.3 is 4.74 Å². The van der Waals surface area contributed by atoms with Crippen LogP contribution < -0.4 is 0 Å². The fourth-order valence-electron chi connectivity index (χ4n) is 1.32. The molecule has 0 radical (unpaired) electrons. The average molecular weight is 239 g/mol. The molecule has 1 amide bonds. The van der Waals surface area contributed by atoms with Gasteiger partial charge in [0.05, 0.1) is 12.6 Å². The van der Waals surface area contributed by atoms with E-state index in [9.17, 15) is 4.79 Å². The van der Waals surface area contributed by atoms with Crippen molar-refractivity contribution in [1.82, 2.24) is 4.31 Å². The Labute approximate surface area is 98.9 Å². The van der Waals surface area contributed by atoms with Gasteiger partial charge in [-0.05, 0) is 12.5 Å². The van der Waals surface area contributed by atoms with E-state index < -0.39 is 0 Å². The van der Waals surface area contributed by atoms with Crippen LogP contribution in [0.3, 0.4) is 0 Å². The normalized spacial score (nSPS) is 19.8. The average Bonchev–Trinajstić information content (AvgIpc) is 2.74. The van der Waals surface area contributed by atoms with E-state index in [-0.39, 0.29) is 12.1 Å². The van der Waals surface area contributed by atoms with Gasteiger partial charge in [0.25, 0.3) is 0 Å². The smallest absolute Gasteiger partial charge is 0.422 e. The molecule has 4 nitrogen and oxygen atoms in total. The molecule has 0 saturated carbocycles. The van der Waals surface area contributed by atoms with Gasteiger partial charge in [-0.15, -0.1) is 0 Å². The molecule has 5 heteroatoms.